The molecule has 2 rings (SSSR count). The molecule has 0 atom stereocenters. The molecule has 0 aliphatic carbocycles. The minimum Gasteiger partial charge on any atom is -0.496 e. The Morgan fingerprint density at radius 2 is 2.21 bits per heavy atom. The van der Waals surface area contributed by atoms with Gasteiger partial charge in [-0.2, -0.15) is 0 Å². The van der Waals surface area contributed by atoms with Gasteiger partial charge in [-0.15, -0.1) is 0 Å². The first-order chi connectivity index (χ1) is 8.99. The highest BCUT2D eigenvalue weighted by molar-refractivity contribution is 6.31. The summed E-state index contributed by atoms with van der Waals surface area (Å²) in [5, 5.41) is 10.6. The third-order valence-electron chi connectivity index (χ3n) is 3.36. The van der Waals surface area contributed by atoms with Crippen molar-refractivity contribution in [1.29, 1.82) is 0 Å². The first kappa shape index (κ1) is 14.2. The number of amides is 1. The molecule has 0 saturated carbocycles. The van der Waals surface area contributed by atoms with Gasteiger partial charge in [-0.25, -0.2) is 0 Å². The van der Waals surface area contributed by atoms with Crippen LogP contribution in [-0.4, -0.2) is 41.7 Å². The van der Waals surface area contributed by atoms with Crippen molar-refractivity contribution >= 4 is 17.5 Å². The van der Waals surface area contributed by atoms with Gasteiger partial charge in [0.2, 0.25) is 0 Å². The fraction of sp³-hybridized carbons (Fsp3) is 0.500. The van der Waals surface area contributed by atoms with Gasteiger partial charge in [0.15, 0.2) is 0 Å². The minimum atomic E-state index is -0.726. The second kappa shape index (κ2) is 5.39. The lowest BCUT2D eigenvalue weighted by molar-refractivity contribution is -0.0860. The Hall–Kier alpha value is -1.26. The summed E-state index contributed by atoms with van der Waals surface area (Å²) >= 11 is 5.91. The summed E-state index contributed by atoms with van der Waals surface area (Å²) < 4.78 is 5.17. The number of aliphatic hydroxyl groups is 1. The van der Waals surface area contributed by atoms with E-state index in [9.17, 15) is 9.90 Å². The molecule has 1 aliphatic heterocycles. The molecule has 1 aliphatic rings. The number of hydrogen-bond donors (Lipinski definition) is 1. The summed E-state index contributed by atoms with van der Waals surface area (Å²) in [5.74, 6) is 0.348. The zero-order valence-corrected chi connectivity index (χ0v) is 11.9. The van der Waals surface area contributed by atoms with Crippen molar-refractivity contribution < 1.29 is 14.6 Å². The topological polar surface area (TPSA) is 49.8 Å². The van der Waals surface area contributed by atoms with Crippen LogP contribution in [0.25, 0.3) is 0 Å². The highest BCUT2D eigenvalue weighted by Gasteiger charge is 2.43. The normalized spacial score (nSPS) is 16.9. The predicted octanol–water partition coefficient (Wildman–Crippen LogP) is 2.34. The van der Waals surface area contributed by atoms with Crippen molar-refractivity contribution in [3.63, 3.8) is 0 Å². The Morgan fingerprint density at radius 3 is 2.79 bits per heavy atom. The SMILES string of the molecule is CCCC1(O)CN(C(=O)c2cc(Cl)ccc2OC)C1. The third kappa shape index (κ3) is 2.85. The van der Waals surface area contributed by atoms with E-state index in [1.165, 1.54) is 7.11 Å². The molecular weight excluding hydrogens is 266 g/mol. The first-order valence-corrected chi connectivity index (χ1v) is 6.72. The zero-order valence-electron chi connectivity index (χ0n) is 11.1. The fourth-order valence-corrected chi connectivity index (χ4v) is 2.62. The Labute approximate surface area is 117 Å². The second-order valence-electron chi connectivity index (χ2n) is 4.98. The average Bonchev–Trinajstić information content (AvgIpc) is 2.35. The van der Waals surface area contributed by atoms with Crippen LogP contribution in [-0.2, 0) is 0 Å². The van der Waals surface area contributed by atoms with Crippen LogP contribution in [0, 0.1) is 0 Å². The van der Waals surface area contributed by atoms with E-state index in [1.807, 2.05) is 6.92 Å². The Balaban J connectivity index is 2.12. The molecule has 1 aromatic rings. The molecule has 19 heavy (non-hydrogen) atoms. The van der Waals surface area contributed by atoms with Crippen molar-refractivity contribution in [1.82, 2.24) is 4.90 Å². The molecule has 1 N–H and O–H groups in total. The van der Waals surface area contributed by atoms with Gasteiger partial charge in [0.1, 0.15) is 5.75 Å². The number of β-amino-alcohol motifs (C(OH)–C–C–N with tert-alkyl or cyclic N) is 1. The Bertz CT molecular complexity index is 484. The summed E-state index contributed by atoms with van der Waals surface area (Å²) in [6.45, 7) is 2.76. The number of carbonyl (C=O) groups is 1. The minimum absolute atomic E-state index is 0.153. The average molecular weight is 284 g/mol. The number of hydrogen-bond acceptors (Lipinski definition) is 3. The van der Waals surface area contributed by atoms with Crippen LogP contribution >= 0.6 is 11.6 Å². The van der Waals surface area contributed by atoms with E-state index in [2.05, 4.69) is 0 Å². The van der Waals surface area contributed by atoms with Gasteiger partial charge in [-0.05, 0) is 24.6 Å². The number of rotatable bonds is 4. The maximum absolute atomic E-state index is 12.3. The van der Waals surface area contributed by atoms with Gasteiger partial charge in [0.05, 0.1) is 31.4 Å². The van der Waals surface area contributed by atoms with Gasteiger partial charge in [-0.1, -0.05) is 24.9 Å². The Morgan fingerprint density at radius 1 is 1.53 bits per heavy atom. The molecule has 5 heteroatoms. The number of nitrogens with zero attached hydrogens (tertiary/aromatic N) is 1. The molecule has 1 heterocycles. The van der Waals surface area contributed by atoms with Crippen LogP contribution in [0.5, 0.6) is 5.75 Å². The number of benzene rings is 1. The van der Waals surface area contributed by atoms with Gasteiger partial charge in [0, 0.05) is 5.02 Å². The largest absolute Gasteiger partial charge is 0.496 e. The fourth-order valence-electron chi connectivity index (χ4n) is 2.45. The number of likely N-dealkylation sites (tertiary alicyclic amines) is 1. The molecular formula is C14H18ClNO3. The summed E-state index contributed by atoms with van der Waals surface area (Å²) in [5.41, 5.74) is -0.288. The third-order valence-corrected chi connectivity index (χ3v) is 3.60. The van der Waals surface area contributed by atoms with Gasteiger partial charge >= 0.3 is 0 Å². The van der Waals surface area contributed by atoms with Gasteiger partial charge in [-0.3, -0.25) is 4.79 Å². The first-order valence-electron chi connectivity index (χ1n) is 6.34. The van der Waals surface area contributed by atoms with Crippen molar-refractivity contribution in [3.8, 4) is 5.75 Å². The van der Waals surface area contributed by atoms with Gasteiger partial charge in [0.25, 0.3) is 5.91 Å². The van der Waals surface area contributed by atoms with Crippen molar-refractivity contribution in [3.05, 3.63) is 28.8 Å². The van der Waals surface area contributed by atoms with E-state index in [0.29, 0.717) is 35.8 Å². The van der Waals surface area contributed by atoms with E-state index in [4.69, 9.17) is 16.3 Å². The summed E-state index contributed by atoms with van der Waals surface area (Å²) in [6, 6.07) is 4.95. The highest BCUT2D eigenvalue weighted by Crippen LogP contribution is 2.30. The maximum Gasteiger partial charge on any atom is 0.257 e. The molecule has 4 nitrogen and oxygen atoms in total. The number of methoxy groups -OCH3 is 1. The molecule has 0 radical (unpaired) electrons. The lowest BCUT2D eigenvalue weighted by Crippen LogP contribution is -2.63. The summed E-state index contributed by atoms with van der Waals surface area (Å²) in [6.07, 6.45) is 1.61. The molecule has 0 aromatic heterocycles. The van der Waals surface area contributed by atoms with E-state index in [1.54, 1.807) is 23.1 Å². The highest BCUT2D eigenvalue weighted by atomic mass is 35.5. The van der Waals surface area contributed by atoms with Crippen LogP contribution in [0.4, 0.5) is 0 Å². The second-order valence-corrected chi connectivity index (χ2v) is 5.42. The molecule has 1 aromatic carbocycles. The standard InChI is InChI=1S/C14H18ClNO3/c1-3-6-14(18)8-16(9-14)13(17)11-7-10(15)4-5-12(11)19-2/h4-5,7,18H,3,6,8-9H2,1-2H3. The monoisotopic (exact) mass is 283 g/mol. The number of halogens is 1. The van der Waals surface area contributed by atoms with Crippen molar-refractivity contribution in [2.45, 2.75) is 25.4 Å². The van der Waals surface area contributed by atoms with Crippen LogP contribution < -0.4 is 4.74 Å². The van der Waals surface area contributed by atoms with E-state index < -0.39 is 5.60 Å². The molecule has 0 unspecified atom stereocenters. The van der Waals surface area contributed by atoms with Gasteiger partial charge < -0.3 is 14.7 Å². The van der Waals surface area contributed by atoms with E-state index >= 15 is 0 Å². The number of ether oxygens (including phenoxy) is 1. The van der Waals surface area contributed by atoms with Crippen LogP contribution in [0.15, 0.2) is 18.2 Å². The van der Waals surface area contributed by atoms with Crippen LogP contribution in [0.3, 0.4) is 0 Å². The predicted molar refractivity (Wildman–Crippen MR) is 73.8 cm³/mol. The molecule has 1 saturated heterocycles. The molecule has 0 bridgehead atoms. The summed E-state index contributed by atoms with van der Waals surface area (Å²) in [7, 11) is 1.52. The molecule has 1 fully saturated rings. The van der Waals surface area contributed by atoms with E-state index in [-0.39, 0.29) is 5.91 Å². The lowest BCUT2D eigenvalue weighted by Gasteiger charge is -2.46. The molecule has 104 valence electrons. The smallest absolute Gasteiger partial charge is 0.257 e. The van der Waals surface area contributed by atoms with Crippen molar-refractivity contribution in [2.75, 3.05) is 20.2 Å². The zero-order chi connectivity index (χ0) is 14.0. The van der Waals surface area contributed by atoms with Crippen LogP contribution in [0.1, 0.15) is 30.1 Å². The number of carbonyl (C=O) groups excluding carboxylic acids is 1. The van der Waals surface area contributed by atoms with E-state index in [0.717, 1.165) is 6.42 Å². The van der Waals surface area contributed by atoms with Crippen molar-refractivity contribution in [2.24, 2.45) is 0 Å². The van der Waals surface area contributed by atoms with Crippen LogP contribution in [0.2, 0.25) is 5.02 Å². The lowest BCUT2D eigenvalue weighted by atomic mass is 9.88. The maximum atomic E-state index is 12.3. The molecule has 0 spiro atoms. The summed E-state index contributed by atoms with van der Waals surface area (Å²) in [4.78, 5) is 13.9. The molecule has 1 amide bonds. The quantitative estimate of drug-likeness (QED) is 0.923. The Kier molecular flexibility index (Phi) is 4.02.